The van der Waals surface area contributed by atoms with Crippen LogP contribution in [-0.2, 0) is 9.53 Å². The third kappa shape index (κ3) is 6.22. The van der Waals surface area contributed by atoms with Gasteiger partial charge in [-0.05, 0) is 31.4 Å². The fourth-order valence-electron chi connectivity index (χ4n) is 6.43. The first-order valence-corrected chi connectivity index (χ1v) is 14.6. The van der Waals surface area contributed by atoms with E-state index in [0.717, 1.165) is 36.2 Å². The van der Waals surface area contributed by atoms with E-state index in [1.807, 2.05) is 70.1 Å². The van der Waals surface area contributed by atoms with Crippen molar-refractivity contribution in [2.45, 2.75) is 56.7 Å². The number of nitrogens with zero attached hydrogens (tertiary/aromatic N) is 4. The highest BCUT2D eigenvalue weighted by atomic mass is 16.5. The third-order valence-corrected chi connectivity index (χ3v) is 8.48. The van der Waals surface area contributed by atoms with E-state index in [2.05, 4.69) is 5.32 Å². The van der Waals surface area contributed by atoms with Gasteiger partial charge in [-0.1, -0.05) is 61.4 Å². The minimum absolute atomic E-state index is 0.0287. The number of aliphatic hydroxyl groups is 1. The van der Waals surface area contributed by atoms with Crippen LogP contribution in [0.5, 0.6) is 0 Å². The lowest BCUT2D eigenvalue weighted by atomic mass is 9.80. The normalized spacial score (nSPS) is 22.9. The first kappa shape index (κ1) is 29.0. The van der Waals surface area contributed by atoms with Gasteiger partial charge in [0.2, 0.25) is 5.91 Å². The molecule has 1 saturated heterocycles. The molecule has 0 unspecified atom stereocenters. The molecule has 0 radical (unpaired) electrons. The van der Waals surface area contributed by atoms with Gasteiger partial charge in [-0.25, -0.2) is 4.98 Å². The van der Waals surface area contributed by atoms with E-state index in [1.165, 1.54) is 0 Å². The Balaban J connectivity index is 1.45. The monoisotopic (exact) mass is 559 g/mol. The summed E-state index contributed by atoms with van der Waals surface area (Å²) < 4.78 is 7.45. The first-order chi connectivity index (χ1) is 19.9. The SMILES string of the molecule is COC[C@]1(O)CCCC[C@H]1n1cnc(C(=O)N2CCNC[C@H]2CCN(C(C)=O)c2ccccc2)c1-c1ccccc1. The summed E-state index contributed by atoms with van der Waals surface area (Å²) >= 11 is 0. The largest absolute Gasteiger partial charge is 0.385 e. The minimum Gasteiger partial charge on any atom is -0.385 e. The van der Waals surface area contributed by atoms with Gasteiger partial charge in [-0.3, -0.25) is 9.59 Å². The lowest BCUT2D eigenvalue weighted by Gasteiger charge is -2.41. The number of methoxy groups -OCH3 is 1. The Morgan fingerprint density at radius 2 is 1.85 bits per heavy atom. The molecule has 5 rings (SSSR count). The van der Waals surface area contributed by atoms with Crippen molar-refractivity contribution in [1.29, 1.82) is 0 Å². The van der Waals surface area contributed by atoms with Crippen molar-refractivity contribution in [2.24, 2.45) is 0 Å². The number of imidazole rings is 1. The molecule has 2 aliphatic rings. The van der Waals surface area contributed by atoms with Crippen molar-refractivity contribution in [3.05, 3.63) is 72.7 Å². The highest BCUT2D eigenvalue weighted by molar-refractivity contribution is 5.98. The Morgan fingerprint density at radius 1 is 1.12 bits per heavy atom. The molecule has 1 aliphatic carbocycles. The van der Waals surface area contributed by atoms with Crippen LogP contribution in [0.1, 0.15) is 55.6 Å². The van der Waals surface area contributed by atoms with E-state index in [0.29, 0.717) is 44.7 Å². The zero-order valence-electron chi connectivity index (χ0n) is 24.0. The number of benzene rings is 2. The van der Waals surface area contributed by atoms with Crippen molar-refractivity contribution in [2.75, 3.05) is 44.8 Å². The summed E-state index contributed by atoms with van der Waals surface area (Å²) in [5.41, 5.74) is 1.81. The predicted octanol–water partition coefficient (Wildman–Crippen LogP) is 3.90. The molecule has 0 bridgehead atoms. The molecule has 1 aromatic heterocycles. The van der Waals surface area contributed by atoms with Crippen LogP contribution < -0.4 is 10.2 Å². The van der Waals surface area contributed by atoms with Crippen LogP contribution >= 0.6 is 0 Å². The fraction of sp³-hybridized carbons (Fsp3) is 0.469. The number of hydrogen-bond donors (Lipinski definition) is 2. The Kier molecular flexibility index (Phi) is 9.17. The number of rotatable bonds is 9. The number of hydrogen-bond acceptors (Lipinski definition) is 6. The number of carbonyl (C=O) groups excluding carboxylic acids is 2. The van der Waals surface area contributed by atoms with Gasteiger partial charge < -0.3 is 29.5 Å². The predicted molar refractivity (Wildman–Crippen MR) is 159 cm³/mol. The van der Waals surface area contributed by atoms with Crippen molar-refractivity contribution in [3.8, 4) is 11.3 Å². The van der Waals surface area contributed by atoms with Crippen molar-refractivity contribution >= 4 is 17.5 Å². The number of anilines is 1. The standard InChI is InChI=1S/C32H41N5O4/c1-24(38)35(26-13-7-4-8-14-26)19-16-27-21-33-18-20-36(27)31(39)29-30(25-11-5-3-6-12-25)37(23-34-29)28-15-9-10-17-32(28,40)22-41-2/h3-8,11-14,23,27-28,33,40H,9-10,15-22H2,1-2H3/t27-,28-,32-/m1/s1. The van der Waals surface area contributed by atoms with E-state index < -0.39 is 5.60 Å². The van der Waals surface area contributed by atoms with E-state index in [4.69, 9.17) is 9.72 Å². The minimum atomic E-state index is -1.04. The highest BCUT2D eigenvalue weighted by Crippen LogP contribution is 2.41. The van der Waals surface area contributed by atoms with Crippen LogP contribution in [0.15, 0.2) is 67.0 Å². The van der Waals surface area contributed by atoms with Gasteiger partial charge in [-0.15, -0.1) is 0 Å². The lowest BCUT2D eigenvalue weighted by molar-refractivity contribution is -0.116. The van der Waals surface area contributed by atoms with Gasteiger partial charge in [0, 0.05) is 57.5 Å². The Bertz CT molecular complexity index is 1310. The van der Waals surface area contributed by atoms with Crippen LogP contribution in [0.3, 0.4) is 0 Å². The number of aromatic nitrogens is 2. The molecule has 2 heterocycles. The molecule has 3 atom stereocenters. The maximum atomic E-state index is 14.3. The van der Waals surface area contributed by atoms with Gasteiger partial charge in [0.1, 0.15) is 5.60 Å². The molecular formula is C32H41N5O4. The number of amides is 2. The number of ether oxygens (including phenoxy) is 1. The highest BCUT2D eigenvalue weighted by Gasteiger charge is 2.42. The number of para-hydroxylation sites is 1. The fourth-order valence-corrected chi connectivity index (χ4v) is 6.43. The first-order valence-electron chi connectivity index (χ1n) is 14.6. The second-order valence-corrected chi connectivity index (χ2v) is 11.2. The molecule has 1 saturated carbocycles. The Labute approximate surface area is 242 Å². The second kappa shape index (κ2) is 13.0. The van der Waals surface area contributed by atoms with Crippen molar-refractivity contribution in [3.63, 3.8) is 0 Å². The molecule has 3 aromatic rings. The smallest absolute Gasteiger partial charge is 0.275 e. The zero-order valence-corrected chi connectivity index (χ0v) is 24.0. The van der Waals surface area contributed by atoms with Crippen LogP contribution in [0, 0.1) is 0 Å². The van der Waals surface area contributed by atoms with Crippen LogP contribution in [0.2, 0.25) is 0 Å². The van der Waals surface area contributed by atoms with Gasteiger partial charge in [0.15, 0.2) is 5.69 Å². The number of piperazine rings is 1. The maximum absolute atomic E-state index is 14.3. The van der Waals surface area contributed by atoms with Crippen molar-refractivity contribution in [1.82, 2.24) is 19.8 Å². The molecule has 2 aromatic carbocycles. The van der Waals surface area contributed by atoms with Gasteiger partial charge in [-0.2, -0.15) is 0 Å². The van der Waals surface area contributed by atoms with Gasteiger partial charge >= 0.3 is 0 Å². The van der Waals surface area contributed by atoms with E-state index in [1.54, 1.807) is 25.3 Å². The molecule has 1 aliphatic heterocycles. The quantitative estimate of drug-likeness (QED) is 0.413. The van der Waals surface area contributed by atoms with E-state index in [-0.39, 0.29) is 30.5 Å². The molecule has 2 fully saturated rings. The van der Waals surface area contributed by atoms with Crippen molar-refractivity contribution < 1.29 is 19.4 Å². The summed E-state index contributed by atoms with van der Waals surface area (Å²) in [6.45, 7) is 4.18. The second-order valence-electron chi connectivity index (χ2n) is 11.2. The lowest BCUT2D eigenvalue weighted by Crippen LogP contribution is -2.54. The summed E-state index contributed by atoms with van der Waals surface area (Å²) in [5, 5.41) is 15.1. The third-order valence-electron chi connectivity index (χ3n) is 8.48. The average molecular weight is 560 g/mol. The molecule has 2 N–H and O–H groups in total. The van der Waals surface area contributed by atoms with E-state index >= 15 is 0 Å². The van der Waals surface area contributed by atoms with Gasteiger partial charge in [0.05, 0.1) is 24.7 Å². The zero-order chi connectivity index (χ0) is 28.8. The molecule has 41 heavy (non-hydrogen) atoms. The molecular weight excluding hydrogens is 518 g/mol. The molecule has 9 heteroatoms. The van der Waals surface area contributed by atoms with Gasteiger partial charge in [0.25, 0.3) is 5.91 Å². The van der Waals surface area contributed by atoms with Crippen LogP contribution in [-0.4, -0.2) is 82.9 Å². The van der Waals surface area contributed by atoms with Crippen LogP contribution in [0.25, 0.3) is 11.3 Å². The number of carbonyl (C=O) groups is 2. The molecule has 0 spiro atoms. The molecule has 2 amide bonds. The Hall–Kier alpha value is -3.53. The topological polar surface area (TPSA) is 99.9 Å². The molecule has 218 valence electrons. The van der Waals surface area contributed by atoms with E-state index in [9.17, 15) is 14.7 Å². The summed E-state index contributed by atoms with van der Waals surface area (Å²) in [6.07, 6.45) is 5.68. The summed E-state index contributed by atoms with van der Waals surface area (Å²) in [4.78, 5) is 35.2. The molecule has 9 nitrogen and oxygen atoms in total. The summed E-state index contributed by atoms with van der Waals surface area (Å²) in [6, 6.07) is 19.1. The number of nitrogens with one attached hydrogen (secondary N) is 1. The Morgan fingerprint density at radius 3 is 2.56 bits per heavy atom. The maximum Gasteiger partial charge on any atom is 0.275 e. The average Bonchev–Trinajstić information content (AvgIpc) is 3.43. The van der Waals surface area contributed by atoms with Crippen LogP contribution in [0.4, 0.5) is 5.69 Å². The summed E-state index contributed by atoms with van der Waals surface area (Å²) in [5.74, 6) is -0.159. The summed E-state index contributed by atoms with van der Waals surface area (Å²) in [7, 11) is 1.61.